The number of nitrogens with one attached hydrogen (secondary N) is 2. The standard InChI is InChI=1S/C14H24N2O2S.C2H6.CH4/c1-6-19-13(5)14(15)12(4)18-10-17-9-16-8-7-11(2)3;1-2;/h6,11,15-16H,1,4-5,7-10H2,2-3H3;1-2H3;1H4. The molecule has 0 spiro atoms. The van der Waals surface area contributed by atoms with Crippen molar-refractivity contribution < 1.29 is 9.47 Å². The highest BCUT2D eigenvalue weighted by molar-refractivity contribution is 8.06. The molecule has 0 aromatic heterocycles. The second kappa shape index (κ2) is 18.0. The van der Waals surface area contributed by atoms with Crippen molar-refractivity contribution in [3.8, 4) is 0 Å². The van der Waals surface area contributed by atoms with Crippen LogP contribution in [0.2, 0.25) is 0 Å². The lowest BCUT2D eigenvalue weighted by molar-refractivity contribution is -0.0245. The third-order valence-corrected chi connectivity index (χ3v) is 2.86. The van der Waals surface area contributed by atoms with Crippen molar-refractivity contribution in [3.63, 3.8) is 0 Å². The summed E-state index contributed by atoms with van der Waals surface area (Å²) in [5, 5.41) is 12.5. The zero-order valence-corrected chi connectivity index (χ0v) is 14.6. The summed E-state index contributed by atoms with van der Waals surface area (Å²) in [6.07, 6.45) is 1.11. The molecule has 0 aliphatic rings. The lowest BCUT2D eigenvalue weighted by Crippen LogP contribution is -2.21. The van der Waals surface area contributed by atoms with Gasteiger partial charge in [-0.25, -0.2) is 0 Å². The zero-order chi connectivity index (χ0) is 16.7. The molecular formula is C17H34N2O2S. The first-order valence-electron chi connectivity index (χ1n) is 7.15. The Kier molecular flexibility index (Phi) is 21.2. The van der Waals surface area contributed by atoms with Gasteiger partial charge in [-0.2, -0.15) is 0 Å². The van der Waals surface area contributed by atoms with E-state index in [2.05, 4.69) is 38.9 Å². The monoisotopic (exact) mass is 330 g/mol. The lowest BCUT2D eigenvalue weighted by Gasteiger charge is -2.12. The summed E-state index contributed by atoms with van der Waals surface area (Å²) in [5.74, 6) is 0.930. The van der Waals surface area contributed by atoms with Gasteiger partial charge in [0.05, 0.1) is 0 Å². The minimum atomic E-state index is 0. The van der Waals surface area contributed by atoms with Gasteiger partial charge in [0.25, 0.3) is 0 Å². The van der Waals surface area contributed by atoms with Crippen molar-refractivity contribution in [2.75, 3.05) is 20.1 Å². The van der Waals surface area contributed by atoms with Gasteiger partial charge >= 0.3 is 0 Å². The van der Waals surface area contributed by atoms with Crippen LogP contribution in [0.15, 0.2) is 35.8 Å². The van der Waals surface area contributed by atoms with Gasteiger partial charge in [-0.05, 0) is 24.3 Å². The Balaban J connectivity index is -0.00000115. The van der Waals surface area contributed by atoms with Crippen molar-refractivity contribution >= 4 is 17.5 Å². The number of ether oxygens (including phenoxy) is 2. The Morgan fingerprint density at radius 2 is 1.91 bits per heavy atom. The predicted molar refractivity (Wildman–Crippen MR) is 101 cm³/mol. The molecule has 0 aromatic rings. The highest BCUT2D eigenvalue weighted by atomic mass is 32.2. The molecule has 130 valence electrons. The first-order valence-corrected chi connectivity index (χ1v) is 8.03. The van der Waals surface area contributed by atoms with Crippen LogP contribution in [0.1, 0.15) is 41.5 Å². The van der Waals surface area contributed by atoms with Crippen molar-refractivity contribution in [2.45, 2.75) is 41.5 Å². The molecule has 0 saturated carbocycles. The van der Waals surface area contributed by atoms with Gasteiger partial charge in [0.15, 0.2) is 6.79 Å². The average Bonchev–Trinajstić information content (AvgIpc) is 2.47. The van der Waals surface area contributed by atoms with Crippen molar-refractivity contribution in [2.24, 2.45) is 5.92 Å². The van der Waals surface area contributed by atoms with E-state index in [-0.39, 0.29) is 25.7 Å². The van der Waals surface area contributed by atoms with Crippen LogP contribution in [0.4, 0.5) is 0 Å². The lowest BCUT2D eigenvalue weighted by atomic mass is 10.1. The summed E-state index contributed by atoms with van der Waals surface area (Å²) in [6, 6.07) is 0. The van der Waals surface area contributed by atoms with Crippen LogP contribution in [0.25, 0.3) is 0 Å². The van der Waals surface area contributed by atoms with Gasteiger partial charge in [-0.15, -0.1) is 0 Å². The number of rotatable bonds is 12. The van der Waals surface area contributed by atoms with Crippen molar-refractivity contribution in [1.29, 1.82) is 5.41 Å². The fraction of sp³-hybridized carbons (Fsp3) is 0.588. The smallest absolute Gasteiger partial charge is 0.190 e. The Morgan fingerprint density at radius 3 is 2.41 bits per heavy atom. The number of allylic oxidation sites excluding steroid dienone is 1. The quantitative estimate of drug-likeness (QED) is 0.225. The maximum absolute atomic E-state index is 7.73. The van der Waals surface area contributed by atoms with E-state index in [0.29, 0.717) is 17.6 Å². The molecule has 2 N–H and O–H groups in total. The van der Waals surface area contributed by atoms with Crippen LogP contribution in [-0.4, -0.2) is 25.8 Å². The van der Waals surface area contributed by atoms with Crippen molar-refractivity contribution in [3.05, 3.63) is 35.8 Å². The summed E-state index contributed by atoms with van der Waals surface area (Å²) in [5.41, 5.74) is 0.168. The van der Waals surface area contributed by atoms with E-state index in [1.165, 1.54) is 11.8 Å². The fourth-order valence-electron chi connectivity index (χ4n) is 1.08. The highest BCUT2D eigenvalue weighted by Crippen LogP contribution is 2.18. The summed E-state index contributed by atoms with van der Waals surface area (Å²) in [7, 11) is 0. The predicted octanol–water partition coefficient (Wildman–Crippen LogP) is 5.16. The molecule has 0 atom stereocenters. The van der Waals surface area contributed by atoms with E-state index in [1.807, 2.05) is 13.8 Å². The number of hydrogen-bond donors (Lipinski definition) is 2. The molecule has 0 heterocycles. The Bertz CT molecular complexity index is 329. The SMILES string of the molecule is C.C=CSC(=C)C(=N)C(=C)OCOCNCCC(C)C.CC. The van der Waals surface area contributed by atoms with E-state index in [0.717, 1.165) is 13.0 Å². The molecule has 0 saturated heterocycles. The minimum Gasteiger partial charge on any atom is -0.466 e. The van der Waals surface area contributed by atoms with Crippen LogP contribution in [0.5, 0.6) is 0 Å². The summed E-state index contributed by atoms with van der Waals surface area (Å²) in [6.45, 7) is 20.7. The van der Waals surface area contributed by atoms with Gasteiger partial charge in [0, 0.05) is 4.91 Å². The molecule has 0 bridgehead atoms. The van der Waals surface area contributed by atoms with Gasteiger partial charge in [0.1, 0.15) is 18.2 Å². The number of thioether (sulfide) groups is 1. The topological polar surface area (TPSA) is 54.3 Å². The van der Waals surface area contributed by atoms with Gasteiger partial charge in [-0.3, -0.25) is 10.7 Å². The molecule has 0 aliphatic heterocycles. The van der Waals surface area contributed by atoms with Crippen LogP contribution in [0.3, 0.4) is 0 Å². The minimum absolute atomic E-state index is 0. The molecule has 0 amide bonds. The first kappa shape index (κ1) is 25.9. The Hall–Kier alpha value is -1.04. The maximum Gasteiger partial charge on any atom is 0.190 e. The first-order chi connectivity index (χ1) is 9.99. The van der Waals surface area contributed by atoms with Gasteiger partial charge in [-0.1, -0.05) is 66.6 Å². The van der Waals surface area contributed by atoms with E-state index in [4.69, 9.17) is 14.9 Å². The Morgan fingerprint density at radius 1 is 1.32 bits per heavy atom. The van der Waals surface area contributed by atoms with Crippen LogP contribution >= 0.6 is 11.8 Å². The Labute approximate surface area is 141 Å². The molecule has 0 aliphatic carbocycles. The molecule has 5 heteroatoms. The molecule has 0 unspecified atom stereocenters. The summed E-state index contributed by atoms with van der Waals surface area (Å²) in [4.78, 5) is 0.551. The fourth-order valence-corrected chi connectivity index (χ4v) is 1.51. The van der Waals surface area contributed by atoms with E-state index in [9.17, 15) is 0 Å². The normalized spacial score (nSPS) is 9.14. The average molecular weight is 331 g/mol. The second-order valence-corrected chi connectivity index (χ2v) is 5.36. The molecular weight excluding hydrogens is 296 g/mol. The van der Waals surface area contributed by atoms with Crippen LogP contribution in [0, 0.1) is 11.3 Å². The molecule has 0 rings (SSSR count). The molecule has 0 aromatic carbocycles. The van der Waals surface area contributed by atoms with Crippen LogP contribution in [-0.2, 0) is 9.47 Å². The zero-order valence-electron chi connectivity index (χ0n) is 13.8. The largest absolute Gasteiger partial charge is 0.466 e. The summed E-state index contributed by atoms with van der Waals surface area (Å²) >= 11 is 1.27. The van der Waals surface area contributed by atoms with E-state index >= 15 is 0 Å². The molecule has 0 fully saturated rings. The second-order valence-electron chi connectivity index (χ2n) is 4.30. The van der Waals surface area contributed by atoms with Crippen molar-refractivity contribution in [1.82, 2.24) is 5.32 Å². The van der Waals surface area contributed by atoms with E-state index < -0.39 is 0 Å². The van der Waals surface area contributed by atoms with Gasteiger partial charge in [0.2, 0.25) is 0 Å². The highest BCUT2D eigenvalue weighted by Gasteiger charge is 2.07. The van der Waals surface area contributed by atoms with E-state index in [1.54, 1.807) is 5.41 Å². The molecule has 22 heavy (non-hydrogen) atoms. The maximum atomic E-state index is 7.73. The third kappa shape index (κ3) is 15.4. The van der Waals surface area contributed by atoms with Crippen LogP contribution < -0.4 is 5.32 Å². The molecule has 4 nitrogen and oxygen atoms in total. The van der Waals surface area contributed by atoms with Gasteiger partial charge < -0.3 is 9.47 Å². The third-order valence-electron chi connectivity index (χ3n) is 2.20. The summed E-state index contributed by atoms with van der Waals surface area (Å²) < 4.78 is 10.4. The number of hydrogen-bond acceptors (Lipinski definition) is 5. The molecule has 0 radical (unpaired) electrons.